The molecule has 0 fully saturated rings. The van der Waals surface area contributed by atoms with E-state index in [4.69, 9.17) is 5.73 Å². The van der Waals surface area contributed by atoms with Crippen LogP contribution in [0, 0.1) is 0 Å². The molecule has 3 aromatic rings. The van der Waals surface area contributed by atoms with Crippen molar-refractivity contribution in [3.05, 3.63) is 48.3 Å². The number of hydrogen-bond acceptors (Lipinski definition) is 5. The number of rotatable bonds is 7. The van der Waals surface area contributed by atoms with Crippen LogP contribution in [-0.4, -0.2) is 44.0 Å². The van der Waals surface area contributed by atoms with Crippen molar-refractivity contribution in [3.8, 4) is 0 Å². The Morgan fingerprint density at radius 3 is 2.52 bits per heavy atom. The summed E-state index contributed by atoms with van der Waals surface area (Å²) in [4.78, 5) is 31.6. The normalized spacial score (nSPS) is 10.6. The van der Waals surface area contributed by atoms with Crippen molar-refractivity contribution in [2.45, 2.75) is 0 Å². The molecule has 0 spiro atoms. The predicted octanol–water partition coefficient (Wildman–Crippen LogP) is 0.763. The molecule has 10 heteroatoms. The molecule has 0 radical (unpaired) electrons. The maximum absolute atomic E-state index is 12.3. The van der Waals surface area contributed by atoms with Gasteiger partial charge in [-0.25, -0.2) is 4.98 Å². The van der Waals surface area contributed by atoms with Crippen LogP contribution >= 0.6 is 0 Å². The molecule has 0 unspecified atom stereocenters. The van der Waals surface area contributed by atoms with Crippen LogP contribution in [0.4, 0.5) is 17.3 Å². The van der Waals surface area contributed by atoms with Crippen LogP contribution in [0.3, 0.4) is 0 Å². The third-order valence-electron chi connectivity index (χ3n) is 3.96. The van der Waals surface area contributed by atoms with Gasteiger partial charge in [-0.05, 0) is 12.1 Å². The Hall–Kier alpha value is -3.69. The Kier molecular flexibility index (Phi) is 5.15. The van der Waals surface area contributed by atoms with Gasteiger partial charge in [0.15, 0.2) is 5.95 Å². The largest absolute Gasteiger partial charge is 0.397 e. The van der Waals surface area contributed by atoms with Gasteiger partial charge in [0.05, 0.1) is 11.4 Å². The first-order chi connectivity index (χ1) is 12.9. The number of nitrogens with zero attached hydrogens (tertiary/aromatic N) is 3. The van der Waals surface area contributed by atoms with Gasteiger partial charge in [0.2, 0.25) is 0 Å². The Morgan fingerprint density at radius 2 is 1.85 bits per heavy atom. The summed E-state index contributed by atoms with van der Waals surface area (Å²) in [6, 6.07) is 3.22. The lowest BCUT2D eigenvalue weighted by Crippen LogP contribution is -2.30. The fraction of sp³-hybridized carbons (Fsp3) is 0.235. The van der Waals surface area contributed by atoms with Crippen molar-refractivity contribution in [1.29, 1.82) is 0 Å². The van der Waals surface area contributed by atoms with Crippen molar-refractivity contribution < 1.29 is 9.59 Å². The summed E-state index contributed by atoms with van der Waals surface area (Å²) < 4.78 is 3.30. The summed E-state index contributed by atoms with van der Waals surface area (Å²) in [7, 11) is 3.48. The highest BCUT2D eigenvalue weighted by molar-refractivity contribution is 6.04. The number of nitrogens with one attached hydrogen (secondary N) is 4. The third-order valence-corrected chi connectivity index (χ3v) is 3.96. The minimum atomic E-state index is -0.297. The maximum Gasteiger partial charge on any atom is 0.272 e. The smallest absolute Gasteiger partial charge is 0.272 e. The monoisotopic (exact) mass is 370 g/mol. The Labute approximate surface area is 155 Å². The standard InChI is InChI=1S/C17H22N8O2/c1-24-9-11(18)7-13(24)16(27)23-12-8-14(25(2)10-12)15(26)19-3-4-20-17-21-5-6-22-17/h5-10H,3-4,18H2,1-2H3,(H,19,26)(H,23,27)(H2,20,21,22). The Balaban J connectivity index is 1.56. The molecule has 0 aliphatic heterocycles. The van der Waals surface area contributed by atoms with Crippen LogP contribution in [0.1, 0.15) is 21.0 Å². The van der Waals surface area contributed by atoms with Crippen molar-refractivity contribution >= 4 is 29.1 Å². The van der Waals surface area contributed by atoms with E-state index in [2.05, 4.69) is 25.9 Å². The van der Waals surface area contributed by atoms with Crippen LogP contribution < -0.4 is 21.7 Å². The Morgan fingerprint density at radius 1 is 1.11 bits per heavy atom. The highest BCUT2D eigenvalue weighted by Crippen LogP contribution is 2.16. The van der Waals surface area contributed by atoms with Crippen molar-refractivity contribution in [3.63, 3.8) is 0 Å². The van der Waals surface area contributed by atoms with E-state index >= 15 is 0 Å². The molecule has 3 heterocycles. The van der Waals surface area contributed by atoms with Gasteiger partial charge in [-0.3, -0.25) is 9.59 Å². The third kappa shape index (κ3) is 4.29. The molecule has 0 atom stereocenters. The van der Waals surface area contributed by atoms with E-state index in [0.717, 1.165) is 0 Å². The number of carbonyl (C=O) groups excluding carboxylic acids is 2. The van der Waals surface area contributed by atoms with E-state index in [1.54, 1.807) is 60.1 Å². The average Bonchev–Trinajstić information content (AvgIpc) is 3.32. The van der Waals surface area contributed by atoms with Gasteiger partial charge in [0, 0.05) is 52.0 Å². The molecule has 10 nitrogen and oxygen atoms in total. The first-order valence-electron chi connectivity index (χ1n) is 8.35. The van der Waals surface area contributed by atoms with Gasteiger partial charge in [0.25, 0.3) is 11.8 Å². The molecule has 0 aromatic carbocycles. The van der Waals surface area contributed by atoms with Crippen LogP contribution in [-0.2, 0) is 14.1 Å². The summed E-state index contributed by atoms with van der Waals surface area (Å²) >= 11 is 0. The van der Waals surface area contributed by atoms with E-state index in [9.17, 15) is 9.59 Å². The number of amides is 2. The van der Waals surface area contributed by atoms with E-state index in [0.29, 0.717) is 41.8 Å². The molecular formula is C17H22N8O2. The number of carbonyl (C=O) groups is 2. The fourth-order valence-corrected chi connectivity index (χ4v) is 2.68. The molecule has 3 rings (SSSR count). The zero-order valence-electron chi connectivity index (χ0n) is 15.1. The van der Waals surface area contributed by atoms with Crippen LogP contribution in [0.15, 0.2) is 36.9 Å². The second kappa shape index (κ2) is 7.68. The number of hydrogen-bond donors (Lipinski definition) is 5. The lowest BCUT2D eigenvalue weighted by atomic mass is 10.3. The van der Waals surface area contributed by atoms with Crippen LogP contribution in [0.2, 0.25) is 0 Å². The van der Waals surface area contributed by atoms with Gasteiger partial charge in [-0.2, -0.15) is 0 Å². The van der Waals surface area contributed by atoms with Gasteiger partial charge < -0.3 is 35.8 Å². The first kappa shape index (κ1) is 18.1. The van der Waals surface area contributed by atoms with Crippen molar-refractivity contribution in [1.82, 2.24) is 24.4 Å². The lowest BCUT2D eigenvalue weighted by molar-refractivity contribution is 0.0946. The number of H-pyrrole nitrogens is 1. The van der Waals surface area contributed by atoms with Gasteiger partial charge >= 0.3 is 0 Å². The van der Waals surface area contributed by atoms with Crippen molar-refractivity contribution in [2.75, 3.05) is 29.5 Å². The number of nitrogen functional groups attached to an aromatic ring is 1. The molecule has 2 amide bonds. The van der Waals surface area contributed by atoms with Gasteiger partial charge in [-0.15, -0.1) is 0 Å². The van der Waals surface area contributed by atoms with Crippen LogP contribution in [0.25, 0.3) is 0 Å². The molecule has 142 valence electrons. The number of imidazole rings is 1. The number of anilines is 3. The summed E-state index contributed by atoms with van der Waals surface area (Å²) in [5, 5.41) is 8.63. The van der Waals surface area contributed by atoms with Gasteiger partial charge in [-0.1, -0.05) is 0 Å². The molecule has 3 aromatic heterocycles. The average molecular weight is 370 g/mol. The quantitative estimate of drug-likeness (QED) is 0.391. The number of aromatic nitrogens is 4. The van der Waals surface area contributed by atoms with E-state index < -0.39 is 0 Å². The second-order valence-electron chi connectivity index (χ2n) is 6.07. The van der Waals surface area contributed by atoms with Crippen molar-refractivity contribution in [2.24, 2.45) is 14.1 Å². The maximum atomic E-state index is 12.3. The molecule has 6 N–H and O–H groups in total. The minimum absolute atomic E-state index is 0.234. The summed E-state index contributed by atoms with van der Waals surface area (Å²) in [6.07, 6.45) is 6.70. The Bertz CT molecular complexity index is 938. The second-order valence-corrected chi connectivity index (χ2v) is 6.07. The summed E-state index contributed by atoms with van der Waals surface area (Å²) in [5.41, 5.74) is 7.62. The minimum Gasteiger partial charge on any atom is -0.397 e. The molecular weight excluding hydrogens is 348 g/mol. The lowest BCUT2D eigenvalue weighted by Gasteiger charge is -2.06. The first-order valence-corrected chi connectivity index (χ1v) is 8.35. The highest BCUT2D eigenvalue weighted by Gasteiger charge is 2.15. The zero-order chi connectivity index (χ0) is 19.4. The molecule has 0 bridgehead atoms. The molecule has 0 saturated heterocycles. The topological polar surface area (TPSA) is 135 Å². The fourth-order valence-electron chi connectivity index (χ4n) is 2.68. The predicted molar refractivity (Wildman–Crippen MR) is 103 cm³/mol. The highest BCUT2D eigenvalue weighted by atomic mass is 16.2. The summed E-state index contributed by atoms with van der Waals surface area (Å²) in [6.45, 7) is 0.956. The molecule has 0 saturated carbocycles. The number of aryl methyl sites for hydroxylation is 2. The summed E-state index contributed by atoms with van der Waals surface area (Å²) in [5.74, 6) is 0.117. The zero-order valence-corrected chi connectivity index (χ0v) is 15.1. The van der Waals surface area contributed by atoms with Gasteiger partial charge in [0.1, 0.15) is 11.4 Å². The molecule has 0 aliphatic rings. The van der Waals surface area contributed by atoms with E-state index in [1.807, 2.05) is 0 Å². The number of aromatic amines is 1. The molecule has 0 aliphatic carbocycles. The van der Waals surface area contributed by atoms with Crippen LogP contribution in [0.5, 0.6) is 0 Å². The van der Waals surface area contributed by atoms with E-state index in [1.165, 1.54) is 0 Å². The van der Waals surface area contributed by atoms with E-state index in [-0.39, 0.29) is 11.8 Å². The molecule has 27 heavy (non-hydrogen) atoms. The SMILES string of the molecule is Cn1cc(NC(=O)c2cc(N)cn2C)cc1C(=O)NCCNc1ncc[nH]1. The number of nitrogens with two attached hydrogens (primary N) is 1.